The minimum Gasteiger partial charge on any atom is -0.381 e. The molecule has 158 valence electrons. The topological polar surface area (TPSA) is 40.1 Å². The van der Waals surface area contributed by atoms with Gasteiger partial charge < -0.3 is 15.0 Å². The van der Waals surface area contributed by atoms with Gasteiger partial charge in [0.1, 0.15) is 0 Å². The monoisotopic (exact) mass is 500 g/mol. The van der Waals surface area contributed by atoms with Crippen molar-refractivity contribution in [1.29, 1.82) is 0 Å². The Morgan fingerprint density at radius 3 is 2.64 bits per heavy atom. The second-order valence-electron chi connectivity index (χ2n) is 8.02. The number of aliphatic imine (C=N–C) groups is 1. The third-order valence-corrected chi connectivity index (χ3v) is 5.68. The van der Waals surface area contributed by atoms with Crippen LogP contribution in [-0.2, 0) is 17.8 Å². The van der Waals surface area contributed by atoms with Gasteiger partial charge in [0.25, 0.3) is 0 Å². The third kappa shape index (κ3) is 7.52. The molecule has 0 bridgehead atoms. The number of hydrogen-bond acceptors (Lipinski definition) is 3. The molecule has 1 atom stereocenters. The standard InChI is InChI=1S/C22H36N4O.HI/c1-23-22(25(2)16-21-10-13-27-18-21)24-15-19-8-7-9-20(14-19)17-26-11-5-3-4-6-12-26;/h7-9,14,21H,3-6,10-13,15-18H2,1-2H3,(H,23,24);1H. The number of rotatable bonds is 6. The molecular weight excluding hydrogens is 463 g/mol. The minimum atomic E-state index is 0. The molecule has 0 radical (unpaired) electrons. The number of ether oxygens (including phenoxy) is 1. The number of benzene rings is 1. The van der Waals surface area contributed by atoms with Gasteiger partial charge in [-0.25, -0.2) is 0 Å². The second-order valence-corrected chi connectivity index (χ2v) is 8.02. The maximum Gasteiger partial charge on any atom is 0.193 e. The molecule has 28 heavy (non-hydrogen) atoms. The first-order valence-corrected chi connectivity index (χ1v) is 10.5. The first-order chi connectivity index (χ1) is 13.2. The van der Waals surface area contributed by atoms with Crippen molar-refractivity contribution in [2.24, 2.45) is 10.9 Å². The fourth-order valence-electron chi connectivity index (χ4n) is 4.16. The Kier molecular flexibility index (Phi) is 10.6. The van der Waals surface area contributed by atoms with Crippen LogP contribution in [0.5, 0.6) is 0 Å². The lowest BCUT2D eigenvalue weighted by Crippen LogP contribution is -2.41. The fourth-order valence-corrected chi connectivity index (χ4v) is 4.16. The molecule has 1 unspecified atom stereocenters. The molecule has 6 heteroatoms. The summed E-state index contributed by atoms with van der Waals surface area (Å²) in [5, 5.41) is 3.52. The molecule has 5 nitrogen and oxygen atoms in total. The van der Waals surface area contributed by atoms with Crippen molar-refractivity contribution in [3.63, 3.8) is 0 Å². The predicted octanol–water partition coefficient (Wildman–Crippen LogP) is 3.72. The molecule has 2 aliphatic heterocycles. The van der Waals surface area contributed by atoms with E-state index in [-0.39, 0.29) is 24.0 Å². The molecule has 0 aromatic heterocycles. The van der Waals surface area contributed by atoms with E-state index in [1.807, 2.05) is 7.05 Å². The van der Waals surface area contributed by atoms with Crippen LogP contribution in [0.15, 0.2) is 29.3 Å². The van der Waals surface area contributed by atoms with Crippen LogP contribution in [0.4, 0.5) is 0 Å². The highest BCUT2D eigenvalue weighted by Crippen LogP contribution is 2.15. The normalized spacial score (nSPS) is 21.1. The van der Waals surface area contributed by atoms with Crippen LogP contribution in [0.25, 0.3) is 0 Å². The van der Waals surface area contributed by atoms with E-state index in [1.54, 1.807) is 0 Å². The number of halogens is 1. The smallest absolute Gasteiger partial charge is 0.193 e. The van der Waals surface area contributed by atoms with E-state index in [0.29, 0.717) is 5.92 Å². The van der Waals surface area contributed by atoms with Gasteiger partial charge in [-0.15, -0.1) is 24.0 Å². The molecule has 0 spiro atoms. The van der Waals surface area contributed by atoms with Crippen LogP contribution < -0.4 is 5.32 Å². The van der Waals surface area contributed by atoms with Crippen molar-refractivity contribution in [3.05, 3.63) is 35.4 Å². The summed E-state index contributed by atoms with van der Waals surface area (Å²) in [6, 6.07) is 8.99. The summed E-state index contributed by atoms with van der Waals surface area (Å²) in [4.78, 5) is 9.28. The van der Waals surface area contributed by atoms with E-state index >= 15 is 0 Å². The van der Waals surface area contributed by atoms with Crippen molar-refractivity contribution in [2.75, 3.05) is 46.9 Å². The molecule has 0 aliphatic carbocycles. The number of guanidine groups is 1. The zero-order chi connectivity index (χ0) is 18.9. The van der Waals surface area contributed by atoms with Gasteiger partial charge in [0.15, 0.2) is 5.96 Å². The molecular formula is C22H37IN4O. The second kappa shape index (κ2) is 12.6. The molecule has 1 N–H and O–H groups in total. The highest BCUT2D eigenvalue weighted by molar-refractivity contribution is 14.0. The van der Waals surface area contributed by atoms with Crippen molar-refractivity contribution in [2.45, 2.75) is 45.2 Å². The molecule has 0 saturated carbocycles. The Balaban J connectivity index is 0.00000280. The van der Waals surface area contributed by atoms with Gasteiger partial charge in [-0.05, 0) is 43.5 Å². The first kappa shape index (κ1) is 23.4. The number of hydrogen-bond donors (Lipinski definition) is 1. The van der Waals surface area contributed by atoms with E-state index in [1.165, 1.54) is 49.9 Å². The molecule has 1 aromatic rings. The molecule has 0 amide bonds. The van der Waals surface area contributed by atoms with Crippen LogP contribution in [0.3, 0.4) is 0 Å². The van der Waals surface area contributed by atoms with E-state index < -0.39 is 0 Å². The van der Waals surface area contributed by atoms with Crippen molar-refractivity contribution >= 4 is 29.9 Å². The summed E-state index contributed by atoms with van der Waals surface area (Å²) < 4.78 is 5.49. The highest BCUT2D eigenvalue weighted by Gasteiger charge is 2.19. The lowest BCUT2D eigenvalue weighted by molar-refractivity contribution is 0.181. The highest BCUT2D eigenvalue weighted by atomic mass is 127. The quantitative estimate of drug-likeness (QED) is 0.367. The number of likely N-dealkylation sites (tertiary alicyclic amines) is 1. The zero-order valence-corrected chi connectivity index (χ0v) is 19.9. The summed E-state index contributed by atoms with van der Waals surface area (Å²) in [5.41, 5.74) is 2.74. The minimum absolute atomic E-state index is 0. The lowest BCUT2D eigenvalue weighted by Gasteiger charge is -2.24. The Bertz CT molecular complexity index is 596. The Morgan fingerprint density at radius 1 is 1.21 bits per heavy atom. The SMILES string of the molecule is CN=C(NCc1cccc(CN2CCCCCC2)c1)N(C)CC1CCOC1.I. The van der Waals surface area contributed by atoms with Crippen molar-refractivity contribution in [3.8, 4) is 0 Å². The van der Waals surface area contributed by atoms with Crippen LogP contribution in [0.2, 0.25) is 0 Å². The maximum absolute atomic E-state index is 5.49. The van der Waals surface area contributed by atoms with E-state index in [4.69, 9.17) is 4.74 Å². The summed E-state index contributed by atoms with van der Waals surface area (Å²) in [5.74, 6) is 1.57. The summed E-state index contributed by atoms with van der Waals surface area (Å²) in [6.07, 6.45) is 6.62. The Morgan fingerprint density at radius 2 is 1.96 bits per heavy atom. The largest absolute Gasteiger partial charge is 0.381 e. The first-order valence-electron chi connectivity index (χ1n) is 10.5. The molecule has 3 rings (SSSR count). The third-order valence-electron chi connectivity index (χ3n) is 5.68. The van der Waals surface area contributed by atoms with Gasteiger partial charge in [-0.2, -0.15) is 0 Å². The average molecular weight is 500 g/mol. The number of nitrogens with one attached hydrogen (secondary N) is 1. The van der Waals surface area contributed by atoms with Gasteiger partial charge in [0.05, 0.1) is 6.61 Å². The molecule has 2 heterocycles. The van der Waals surface area contributed by atoms with Gasteiger partial charge in [-0.3, -0.25) is 9.89 Å². The van der Waals surface area contributed by atoms with Crippen LogP contribution in [0, 0.1) is 5.92 Å². The summed E-state index contributed by atoms with van der Waals surface area (Å²) in [7, 11) is 3.98. The van der Waals surface area contributed by atoms with Gasteiger partial charge in [-0.1, -0.05) is 37.1 Å². The van der Waals surface area contributed by atoms with Gasteiger partial charge >= 0.3 is 0 Å². The van der Waals surface area contributed by atoms with Crippen molar-refractivity contribution < 1.29 is 4.74 Å². The molecule has 2 fully saturated rings. The summed E-state index contributed by atoms with van der Waals surface area (Å²) >= 11 is 0. The Hall–Kier alpha value is -0.860. The van der Waals surface area contributed by atoms with E-state index in [2.05, 4.69) is 51.4 Å². The van der Waals surface area contributed by atoms with Crippen LogP contribution >= 0.6 is 24.0 Å². The van der Waals surface area contributed by atoms with Crippen molar-refractivity contribution in [1.82, 2.24) is 15.1 Å². The zero-order valence-electron chi connectivity index (χ0n) is 17.5. The van der Waals surface area contributed by atoms with Gasteiger partial charge in [0.2, 0.25) is 0 Å². The summed E-state index contributed by atoms with van der Waals surface area (Å²) in [6.45, 7) is 7.13. The maximum atomic E-state index is 5.49. The fraction of sp³-hybridized carbons (Fsp3) is 0.682. The van der Waals surface area contributed by atoms with Crippen LogP contribution in [0.1, 0.15) is 43.2 Å². The molecule has 1 aromatic carbocycles. The lowest BCUT2D eigenvalue weighted by atomic mass is 10.1. The molecule has 2 saturated heterocycles. The van der Waals surface area contributed by atoms with E-state index in [9.17, 15) is 0 Å². The molecule has 2 aliphatic rings. The van der Waals surface area contributed by atoms with Gasteiger partial charge in [0, 0.05) is 46.3 Å². The van der Waals surface area contributed by atoms with E-state index in [0.717, 1.165) is 45.2 Å². The average Bonchev–Trinajstić information content (AvgIpc) is 3.05. The Labute approximate surface area is 187 Å². The number of nitrogens with zero attached hydrogens (tertiary/aromatic N) is 3. The predicted molar refractivity (Wildman–Crippen MR) is 127 cm³/mol. The van der Waals surface area contributed by atoms with Crippen LogP contribution in [-0.4, -0.2) is 62.7 Å².